The lowest BCUT2D eigenvalue weighted by Gasteiger charge is -2.30. The van der Waals surface area contributed by atoms with Gasteiger partial charge in [0.25, 0.3) is 11.4 Å². The predicted molar refractivity (Wildman–Crippen MR) is 132 cm³/mol. The molecule has 1 saturated carbocycles. The van der Waals surface area contributed by atoms with Gasteiger partial charge in [0.1, 0.15) is 17.2 Å². The summed E-state index contributed by atoms with van der Waals surface area (Å²) in [6.07, 6.45) is -4.68. The number of alkyl halides is 5. The molecule has 1 fully saturated rings. The monoisotopic (exact) mass is 579 g/mol. The highest BCUT2D eigenvalue weighted by Crippen LogP contribution is 2.41. The molecule has 0 atom stereocenters. The van der Waals surface area contributed by atoms with E-state index in [0.717, 1.165) is 16.3 Å². The molecule has 0 unspecified atom stereocenters. The van der Waals surface area contributed by atoms with Crippen molar-refractivity contribution < 1.29 is 35.6 Å². The number of hydrogen-bond donors (Lipinski definition) is 0. The van der Waals surface area contributed by atoms with Crippen molar-refractivity contribution in [3.05, 3.63) is 87.0 Å². The summed E-state index contributed by atoms with van der Waals surface area (Å²) in [5, 5.41) is 7.67. The van der Waals surface area contributed by atoms with E-state index in [1.807, 2.05) is 13.0 Å². The van der Waals surface area contributed by atoms with Crippen molar-refractivity contribution in [3.8, 4) is 17.3 Å². The van der Waals surface area contributed by atoms with Crippen LogP contribution in [0.3, 0.4) is 0 Å². The number of aryl methyl sites for hydroxylation is 1. The summed E-state index contributed by atoms with van der Waals surface area (Å²) in [7, 11) is 0. The van der Waals surface area contributed by atoms with Crippen molar-refractivity contribution >= 4 is 0 Å². The van der Waals surface area contributed by atoms with Gasteiger partial charge in [-0.2, -0.15) is 18.9 Å². The van der Waals surface area contributed by atoms with Crippen molar-refractivity contribution in [2.75, 3.05) is 0 Å². The van der Waals surface area contributed by atoms with Crippen LogP contribution in [0.4, 0.5) is 26.3 Å². The van der Waals surface area contributed by atoms with Crippen LogP contribution >= 0.6 is 0 Å². The molecule has 3 aromatic heterocycles. The largest absolute Gasteiger partial charge is 0.573 e. The van der Waals surface area contributed by atoms with Gasteiger partial charge in [-0.25, -0.2) is 9.07 Å². The van der Waals surface area contributed by atoms with Crippen LogP contribution in [-0.2, 0) is 6.54 Å². The fraction of sp³-hybridized carbons (Fsp3) is 0.370. The van der Waals surface area contributed by atoms with E-state index in [-0.39, 0.29) is 40.4 Å². The van der Waals surface area contributed by atoms with E-state index in [0.29, 0.717) is 31.2 Å². The molecule has 1 aliphatic rings. The third-order valence-corrected chi connectivity index (χ3v) is 7.08. The topological polar surface area (TPSA) is 95.9 Å². The van der Waals surface area contributed by atoms with Gasteiger partial charge in [-0.3, -0.25) is 9.78 Å². The van der Waals surface area contributed by atoms with Crippen LogP contribution in [0.2, 0.25) is 0 Å². The molecule has 0 N–H and O–H groups in total. The molecule has 41 heavy (non-hydrogen) atoms. The summed E-state index contributed by atoms with van der Waals surface area (Å²) in [5.41, 5.74) is 0.787. The molecule has 1 aromatic carbocycles. The Kier molecular flexibility index (Phi) is 7.82. The van der Waals surface area contributed by atoms with E-state index in [4.69, 9.17) is 0 Å². The maximum Gasteiger partial charge on any atom is 0.573 e. The van der Waals surface area contributed by atoms with Gasteiger partial charge in [-0.05, 0) is 79.8 Å². The molecular weight excluding hydrogens is 556 g/mol. The molecule has 4 aromatic rings. The zero-order valence-corrected chi connectivity index (χ0v) is 21.5. The number of pyridine rings is 1. The van der Waals surface area contributed by atoms with Gasteiger partial charge < -0.3 is 9.26 Å². The molecule has 0 amide bonds. The third-order valence-electron chi connectivity index (χ3n) is 7.08. The second-order valence-electron chi connectivity index (χ2n) is 9.72. The Morgan fingerprint density at radius 3 is 2.49 bits per heavy atom. The fourth-order valence-corrected chi connectivity index (χ4v) is 5.26. The van der Waals surface area contributed by atoms with Crippen LogP contribution in [0.5, 0.6) is 5.75 Å². The molecule has 216 valence electrons. The smallest absolute Gasteiger partial charge is 0.404 e. The van der Waals surface area contributed by atoms with Crippen molar-refractivity contribution in [1.82, 2.24) is 24.9 Å². The molecule has 14 heteroatoms. The first-order chi connectivity index (χ1) is 19.5. The molecule has 5 rings (SSSR count). The summed E-state index contributed by atoms with van der Waals surface area (Å²) in [4.78, 5) is 21.2. The molecule has 1 aliphatic carbocycles. The first-order valence-electron chi connectivity index (χ1n) is 12.7. The summed E-state index contributed by atoms with van der Waals surface area (Å²) < 4.78 is 89.2. The van der Waals surface area contributed by atoms with E-state index in [1.54, 1.807) is 6.07 Å². The Bertz CT molecular complexity index is 1570. The average molecular weight is 580 g/mol. The Hall–Kier alpha value is -4.23. The second-order valence-corrected chi connectivity index (χ2v) is 9.72. The molecule has 0 aliphatic heterocycles. The number of ether oxygens (including phenoxy) is 1. The molecule has 3 heterocycles. The molecule has 0 bridgehead atoms. The van der Waals surface area contributed by atoms with Crippen LogP contribution in [0, 0.1) is 12.7 Å². The molecular formula is C27H23F6N5O3. The van der Waals surface area contributed by atoms with Crippen LogP contribution in [0.25, 0.3) is 11.5 Å². The van der Waals surface area contributed by atoms with Gasteiger partial charge in [0.05, 0.1) is 6.54 Å². The second kappa shape index (κ2) is 11.3. The van der Waals surface area contributed by atoms with Gasteiger partial charge in [0, 0.05) is 11.8 Å². The quantitative estimate of drug-likeness (QED) is 0.232. The number of hydrogen-bond acceptors (Lipinski definition) is 7. The minimum Gasteiger partial charge on any atom is -0.404 e. The highest BCUT2D eigenvalue weighted by molar-refractivity contribution is 5.49. The van der Waals surface area contributed by atoms with Crippen molar-refractivity contribution in [2.24, 2.45) is 0 Å². The number of aromatic nitrogens is 5. The van der Waals surface area contributed by atoms with Crippen molar-refractivity contribution in [1.29, 1.82) is 0 Å². The summed E-state index contributed by atoms with van der Waals surface area (Å²) >= 11 is 0. The predicted octanol–water partition coefficient (Wildman–Crippen LogP) is 6.46. The highest BCUT2D eigenvalue weighted by Gasteiger charge is 2.33. The summed E-state index contributed by atoms with van der Waals surface area (Å²) in [6.45, 7) is 1.32. The standard InChI is InChI=1S/C27H23F6N5O3/c1-14-4-2-5-18(28)22(14)16-9-7-15(8-10-16)17-12-19(24-35-25(23(29)30)41-37-24)36-38(26(17)39)13-20-21(6-3-11-34-20)40-27(31,32)33/h2-6,11-12,15-16,23H,7-10,13H2,1H3. The zero-order valence-electron chi connectivity index (χ0n) is 21.5. The van der Waals surface area contributed by atoms with E-state index in [9.17, 15) is 31.1 Å². The molecule has 0 spiro atoms. The highest BCUT2D eigenvalue weighted by atomic mass is 19.4. The maximum atomic E-state index is 14.6. The van der Waals surface area contributed by atoms with Crippen LogP contribution in [0.15, 0.2) is 51.9 Å². The number of rotatable bonds is 7. The zero-order chi connectivity index (χ0) is 29.3. The first kappa shape index (κ1) is 28.3. The summed E-state index contributed by atoms with van der Waals surface area (Å²) in [5.74, 6) is -2.57. The lowest BCUT2D eigenvalue weighted by Crippen LogP contribution is -2.30. The van der Waals surface area contributed by atoms with Crippen LogP contribution in [0.1, 0.15) is 72.2 Å². The van der Waals surface area contributed by atoms with Gasteiger partial charge in [0.2, 0.25) is 5.82 Å². The Morgan fingerprint density at radius 2 is 1.83 bits per heavy atom. The summed E-state index contributed by atoms with van der Waals surface area (Å²) in [6, 6.07) is 8.56. The lowest BCUT2D eigenvalue weighted by molar-refractivity contribution is -0.275. The minimum atomic E-state index is -5.01. The van der Waals surface area contributed by atoms with Crippen LogP contribution < -0.4 is 10.3 Å². The van der Waals surface area contributed by atoms with Gasteiger partial charge in [0.15, 0.2) is 5.75 Å². The number of benzene rings is 1. The lowest BCUT2D eigenvalue weighted by atomic mass is 9.75. The van der Waals surface area contributed by atoms with Gasteiger partial charge in [-0.15, -0.1) is 13.2 Å². The first-order valence-corrected chi connectivity index (χ1v) is 12.7. The SMILES string of the molecule is Cc1cccc(F)c1C1CCC(c2cc(-c3noc(C(F)F)n3)nn(Cc3ncccc3OC(F)(F)F)c2=O)CC1. The molecule has 0 radical (unpaired) electrons. The normalized spacial score (nSPS) is 17.7. The average Bonchev–Trinajstić information content (AvgIpc) is 3.41. The van der Waals surface area contributed by atoms with E-state index in [1.165, 1.54) is 24.4 Å². The molecule has 8 nitrogen and oxygen atoms in total. The fourth-order valence-electron chi connectivity index (χ4n) is 5.26. The van der Waals surface area contributed by atoms with Gasteiger partial charge >= 0.3 is 12.8 Å². The van der Waals surface area contributed by atoms with Crippen molar-refractivity contribution in [2.45, 2.75) is 63.8 Å². The Morgan fingerprint density at radius 1 is 1.10 bits per heavy atom. The van der Waals surface area contributed by atoms with E-state index >= 15 is 0 Å². The van der Waals surface area contributed by atoms with E-state index < -0.39 is 36.5 Å². The van der Waals surface area contributed by atoms with Crippen LogP contribution in [-0.4, -0.2) is 31.3 Å². The Balaban J connectivity index is 1.51. The maximum absolute atomic E-state index is 14.6. The molecule has 0 saturated heterocycles. The number of halogens is 6. The third kappa shape index (κ3) is 6.25. The van der Waals surface area contributed by atoms with Crippen molar-refractivity contribution in [3.63, 3.8) is 0 Å². The minimum absolute atomic E-state index is 0.0580. The Labute approximate surface area is 229 Å². The van der Waals surface area contributed by atoms with E-state index in [2.05, 4.69) is 29.5 Å². The van der Waals surface area contributed by atoms with Gasteiger partial charge in [-0.1, -0.05) is 17.3 Å². The number of nitrogens with zero attached hydrogens (tertiary/aromatic N) is 5.